The Balaban J connectivity index is 0. The first-order valence-electron chi connectivity index (χ1n) is 3.04. The van der Waals surface area contributed by atoms with E-state index in [0.29, 0.717) is 0 Å². The van der Waals surface area contributed by atoms with Gasteiger partial charge in [-0.3, -0.25) is 0 Å². The van der Waals surface area contributed by atoms with Crippen molar-refractivity contribution >= 4 is 25.9 Å². The summed E-state index contributed by atoms with van der Waals surface area (Å²) in [7, 11) is 1.85. The first-order chi connectivity index (χ1) is 5.35. The summed E-state index contributed by atoms with van der Waals surface area (Å²) in [4.78, 5) is 3.99. The van der Waals surface area contributed by atoms with Crippen LogP contribution in [0.4, 0.5) is 5.82 Å². The molecule has 1 rings (SSSR count). The number of nitrogens with zero attached hydrogens (tertiary/aromatic N) is 1. The molecule has 0 amide bonds. The molecule has 0 aliphatic heterocycles. The van der Waals surface area contributed by atoms with Gasteiger partial charge in [0.15, 0.2) is 0 Å². The summed E-state index contributed by atoms with van der Waals surface area (Å²) in [5, 5.41) is 16.9. The zero-order valence-corrected chi connectivity index (χ0v) is 7.45. The quantitative estimate of drug-likeness (QED) is 0.546. The molecule has 1 radical (unpaired) electrons. The Hall–Kier alpha value is -0.775. The van der Waals surface area contributed by atoms with Crippen LogP contribution in [0.5, 0.6) is 0 Å². The maximum Gasteiger partial charge on any atom is 0.482 e. The number of rotatable bonds is 1. The van der Waals surface area contributed by atoms with Crippen LogP contribution in [-0.4, -0.2) is 29.8 Å². The van der Waals surface area contributed by atoms with E-state index in [-0.39, 0.29) is 20.1 Å². The molecule has 0 aliphatic rings. The number of aromatic nitrogens is 1. The molecule has 0 saturated heterocycles. The molecule has 0 unspecified atom stereocenters. The number of anilines is 1. The summed E-state index contributed by atoms with van der Waals surface area (Å²) in [6, 6.07) is 5.75. The molecule has 3 N–H and O–H groups in total. The molecule has 0 saturated carbocycles. The lowest BCUT2D eigenvalue weighted by molar-refractivity contribution is 0.448. The van der Waals surface area contributed by atoms with Crippen LogP contribution < -0.4 is 5.32 Å². The van der Waals surface area contributed by atoms with Gasteiger partial charge in [-0.1, -0.05) is 6.07 Å². The molecule has 0 aliphatic carbocycles. The average molecular weight is 189 g/mol. The van der Waals surface area contributed by atoms with Crippen molar-refractivity contribution in [3.05, 3.63) is 24.4 Å². The van der Waals surface area contributed by atoms with E-state index in [1.54, 1.807) is 6.20 Å². The molecule has 0 fully saturated rings. The maximum atomic E-state index is 7.00. The van der Waals surface area contributed by atoms with Crippen molar-refractivity contribution in [1.29, 1.82) is 0 Å². The van der Waals surface area contributed by atoms with Crippen molar-refractivity contribution in [1.82, 2.24) is 4.98 Å². The topological polar surface area (TPSA) is 65.4 Å². The van der Waals surface area contributed by atoms with Crippen LogP contribution in [-0.2, 0) is 0 Å². The molecule has 1 aromatic rings. The lowest BCUT2D eigenvalue weighted by atomic mass is 10.5. The maximum absolute atomic E-state index is 7.00. The first kappa shape index (κ1) is 13.8. The summed E-state index contributed by atoms with van der Waals surface area (Å²) >= 11 is 0. The molecule has 4 nitrogen and oxygen atoms in total. The second-order valence-electron chi connectivity index (χ2n) is 1.58. The summed E-state index contributed by atoms with van der Waals surface area (Å²) in [5.74, 6) is 0.910. The van der Waals surface area contributed by atoms with E-state index in [0.717, 1.165) is 5.82 Å². The molecule has 12 heavy (non-hydrogen) atoms. The highest BCUT2D eigenvalue weighted by Gasteiger charge is 1.79. The second kappa shape index (κ2) is 10.2. The van der Waals surface area contributed by atoms with Gasteiger partial charge >= 0.3 is 7.69 Å². The Kier molecular flexibility index (Phi) is 11.8. The van der Waals surface area contributed by atoms with Crippen molar-refractivity contribution in [3.8, 4) is 0 Å². The van der Waals surface area contributed by atoms with Crippen molar-refractivity contribution in [2.45, 2.75) is 0 Å². The van der Waals surface area contributed by atoms with Crippen LogP contribution in [0, 0.1) is 0 Å². The fraction of sp³-hybridized carbons (Fsp3) is 0.167. The van der Waals surface area contributed by atoms with Crippen LogP contribution >= 0.6 is 12.4 Å². The van der Waals surface area contributed by atoms with E-state index in [1.807, 2.05) is 25.2 Å². The molecular weight excluding hydrogens is 178 g/mol. The van der Waals surface area contributed by atoms with Gasteiger partial charge in [-0.25, -0.2) is 4.98 Å². The monoisotopic (exact) mass is 189 g/mol. The smallest absolute Gasteiger partial charge is 0.429 e. The minimum Gasteiger partial charge on any atom is -0.429 e. The van der Waals surface area contributed by atoms with E-state index in [1.165, 1.54) is 0 Å². The second-order valence-corrected chi connectivity index (χ2v) is 1.58. The summed E-state index contributed by atoms with van der Waals surface area (Å²) in [6.45, 7) is 0. The molecule has 67 valence electrons. The van der Waals surface area contributed by atoms with Crippen LogP contribution in [0.1, 0.15) is 0 Å². The Bertz CT molecular complexity index is 176. The minimum atomic E-state index is 0. The van der Waals surface area contributed by atoms with Gasteiger partial charge < -0.3 is 15.4 Å². The molecule has 1 aromatic heterocycles. The van der Waals surface area contributed by atoms with Crippen molar-refractivity contribution in [2.24, 2.45) is 0 Å². The highest BCUT2D eigenvalue weighted by Crippen LogP contribution is 1.95. The van der Waals surface area contributed by atoms with Gasteiger partial charge in [-0.05, 0) is 12.1 Å². The predicted molar refractivity (Wildman–Crippen MR) is 51.2 cm³/mol. The highest BCUT2D eigenvalue weighted by atomic mass is 35.5. The van der Waals surface area contributed by atoms with Crippen LogP contribution in [0.15, 0.2) is 24.4 Å². The molecule has 0 atom stereocenters. The third kappa shape index (κ3) is 7.33. The number of nitrogens with one attached hydrogen (secondary N) is 1. The third-order valence-corrected chi connectivity index (χ3v) is 0.921. The molecule has 0 spiro atoms. The zero-order valence-electron chi connectivity index (χ0n) is 6.64. The van der Waals surface area contributed by atoms with E-state index in [4.69, 9.17) is 10.0 Å². The van der Waals surface area contributed by atoms with Gasteiger partial charge in [0.1, 0.15) is 5.82 Å². The zero-order chi connectivity index (χ0) is 8.53. The Morgan fingerprint density at radius 1 is 1.42 bits per heavy atom. The van der Waals surface area contributed by atoms with Gasteiger partial charge in [0.05, 0.1) is 0 Å². The number of halogens is 1. The fourth-order valence-electron chi connectivity index (χ4n) is 0.511. The van der Waals surface area contributed by atoms with E-state index < -0.39 is 0 Å². The summed E-state index contributed by atoms with van der Waals surface area (Å²) < 4.78 is 0. The lowest BCUT2D eigenvalue weighted by Crippen LogP contribution is -1.88. The van der Waals surface area contributed by atoms with Crippen LogP contribution in [0.25, 0.3) is 0 Å². The summed E-state index contributed by atoms with van der Waals surface area (Å²) in [6.07, 6.45) is 1.76. The van der Waals surface area contributed by atoms with E-state index >= 15 is 0 Å². The Morgan fingerprint density at radius 3 is 2.25 bits per heavy atom. The molecular formula is C6H11BClN2O2. The normalized spacial score (nSPS) is 6.92. The Labute approximate surface area is 78.4 Å². The largest absolute Gasteiger partial charge is 0.482 e. The third-order valence-electron chi connectivity index (χ3n) is 0.921. The van der Waals surface area contributed by atoms with Crippen molar-refractivity contribution < 1.29 is 10.0 Å². The van der Waals surface area contributed by atoms with E-state index in [2.05, 4.69) is 10.3 Å². The Morgan fingerprint density at radius 2 is 2.00 bits per heavy atom. The number of pyridine rings is 1. The lowest BCUT2D eigenvalue weighted by Gasteiger charge is -1.92. The standard InChI is InChI=1S/C6H8N2.BH2O2.ClH/c1-7-6-4-2-3-5-8-6;2-1-3;/h2-5H,1H3,(H,7,8);2-3H;1H. The minimum absolute atomic E-state index is 0. The van der Waals surface area contributed by atoms with Crippen LogP contribution in [0.3, 0.4) is 0 Å². The van der Waals surface area contributed by atoms with Gasteiger partial charge in [0.2, 0.25) is 0 Å². The highest BCUT2D eigenvalue weighted by molar-refractivity contribution is 6.13. The number of hydrogen-bond acceptors (Lipinski definition) is 4. The van der Waals surface area contributed by atoms with E-state index in [9.17, 15) is 0 Å². The number of hydrogen-bond donors (Lipinski definition) is 3. The molecule has 0 aromatic carbocycles. The molecule has 1 heterocycles. The van der Waals surface area contributed by atoms with Crippen molar-refractivity contribution in [3.63, 3.8) is 0 Å². The van der Waals surface area contributed by atoms with Gasteiger partial charge in [-0.2, -0.15) is 0 Å². The van der Waals surface area contributed by atoms with Gasteiger partial charge in [0.25, 0.3) is 0 Å². The fourth-order valence-corrected chi connectivity index (χ4v) is 0.511. The molecule has 6 heteroatoms. The van der Waals surface area contributed by atoms with Crippen molar-refractivity contribution in [2.75, 3.05) is 12.4 Å². The van der Waals surface area contributed by atoms with Gasteiger partial charge in [0, 0.05) is 13.2 Å². The SMILES string of the molecule is CNc1ccccn1.Cl.O[B]O. The average Bonchev–Trinajstić information content (AvgIpc) is 2.08. The van der Waals surface area contributed by atoms with Crippen LogP contribution in [0.2, 0.25) is 0 Å². The first-order valence-corrected chi connectivity index (χ1v) is 3.04. The van der Waals surface area contributed by atoms with Gasteiger partial charge in [-0.15, -0.1) is 12.4 Å². The summed E-state index contributed by atoms with van der Waals surface area (Å²) in [5.41, 5.74) is 0. The predicted octanol–water partition coefficient (Wildman–Crippen LogP) is 0.0503. The molecule has 0 bridgehead atoms.